The van der Waals surface area contributed by atoms with Crippen molar-refractivity contribution in [3.05, 3.63) is 34.4 Å². The normalized spacial score (nSPS) is 24.4. The maximum atomic E-state index is 12.6. The van der Waals surface area contributed by atoms with Gasteiger partial charge in [0, 0.05) is 12.5 Å². The van der Waals surface area contributed by atoms with Crippen molar-refractivity contribution in [1.29, 1.82) is 0 Å². The van der Waals surface area contributed by atoms with Gasteiger partial charge in [0.05, 0.1) is 29.7 Å². The maximum absolute atomic E-state index is 12.6. The quantitative estimate of drug-likeness (QED) is 0.380. The highest BCUT2D eigenvalue weighted by atomic mass is 32.2. The van der Waals surface area contributed by atoms with E-state index in [1.807, 2.05) is 20.8 Å². The van der Waals surface area contributed by atoms with E-state index in [1.165, 1.54) is 12.1 Å². The van der Waals surface area contributed by atoms with Crippen LogP contribution in [0.25, 0.3) is 0 Å². The van der Waals surface area contributed by atoms with Crippen molar-refractivity contribution in [2.75, 3.05) is 6.61 Å². The molecule has 0 bridgehead atoms. The molecule has 0 amide bonds. The van der Waals surface area contributed by atoms with Crippen LogP contribution in [0.4, 0.5) is 5.69 Å². The second kappa shape index (κ2) is 8.22. The van der Waals surface area contributed by atoms with Gasteiger partial charge in [-0.05, 0) is 25.3 Å². The summed E-state index contributed by atoms with van der Waals surface area (Å²) in [6.45, 7) is 8.27. The number of para-hydroxylation sites is 1. The number of nitrogens with zero attached hydrogens (tertiary/aromatic N) is 1. The summed E-state index contributed by atoms with van der Waals surface area (Å²) in [7, 11) is -4.45. The number of rotatable bonds is 7. The van der Waals surface area contributed by atoms with Gasteiger partial charge in [0.15, 0.2) is 10.7 Å². The number of nitro benzene ring substituents is 1. The maximum Gasteiger partial charge on any atom is 0.306 e. The van der Waals surface area contributed by atoms with Crippen LogP contribution >= 0.6 is 0 Å². The lowest BCUT2D eigenvalue weighted by atomic mass is 9.70. The number of hydrogen-bond donors (Lipinski definition) is 1. The Morgan fingerprint density at radius 2 is 1.93 bits per heavy atom. The first kappa shape index (κ1) is 24.2. The van der Waals surface area contributed by atoms with Crippen molar-refractivity contribution in [3.8, 4) is 0 Å². The third kappa shape index (κ3) is 5.34. The molecule has 168 valence electrons. The zero-order valence-corrected chi connectivity index (χ0v) is 18.4. The Hall–Kier alpha value is -2.08. The van der Waals surface area contributed by atoms with Crippen LogP contribution in [0.1, 0.15) is 47.5 Å². The molecule has 11 heteroatoms. The molecular formula is C19H27NO9S. The lowest BCUT2D eigenvalue weighted by Gasteiger charge is -2.53. The Morgan fingerprint density at radius 1 is 1.33 bits per heavy atom. The van der Waals surface area contributed by atoms with E-state index in [-0.39, 0.29) is 12.8 Å². The van der Waals surface area contributed by atoms with Crippen molar-refractivity contribution in [3.63, 3.8) is 0 Å². The largest absolute Gasteiger partial charge is 0.481 e. The standard InChI is InChI=1S/C19H27NO9S/c1-17(2,3)19(11-16(21)22)10-13(28-18(4,5)29-19)12-27-30(25,26)15-9-7-6-8-14(15)20(23)24/h6-9,13H,10-12H2,1-5H3,(H,21,22). The molecule has 2 unspecified atom stereocenters. The van der Waals surface area contributed by atoms with Gasteiger partial charge in [0.1, 0.15) is 0 Å². The summed E-state index contributed by atoms with van der Waals surface area (Å²) in [5.74, 6) is -2.26. The Kier molecular flexibility index (Phi) is 6.62. The van der Waals surface area contributed by atoms with Crippen LogP contribution in [0.15, 0.2) is 29.2 Å². The molecule has 0 aromatic heterocycles. The van der Waals surface area contributed by atoms with Crippen molar-refractivity contribution in [2.45, 2.75) is 69.8 Å². The number of aliphatic carboxylic acids is 1. The number of carboxylic acid groups (broad SMARTS) is 1. The Morgan fingerprint density at radius 3 is 2.47 bits per heavy atom. The van der Waals surface area contributed by atoms with E-state index >= 15 is 0 Å². The predicted molar refractivity (Wildman–Crippen MR) is 105 cm³/mol. The zero-order chi connectivity index (χ0) is 23.0. The van der Waals surface area contributed by atoms with Crippen LogP contribution in [0.2, 0.25) is 0 Å². The van der Waals surface area contributed by atoms with Crippen LogP contribution < -0.4 is 0 Å². The van der Waals surface area contributed by atoms with Gasteiger partial charge in [-0.1, -0.05) is 32.9 Å². The van der Waals surface area contributed by atoms with E-state index in [4.69, 9.17) is 13.7 Å². The van der Waals surface area contributed by atoms with Gasteiger partial charge in [-0.2, -0.15) is 8.42 Å². The molecule has 10 nitrogen and oxygen atoms in total. The molecule has 30 heavy (non-hydrogen) atoms. The average Bonchev–Trinajstić information content (AvgIpc) is 2.57. The van der Waals surface area contributed by atoms with Gasteiger partial charge in [-0.15, -0.1) is 0 Å². The van der Waals surface area contributed by atoms with Gasteiger partial charge in [0.25, 0.3) is 5.69 Å². The monoisotopic (exact) mass is 445 g/mol. The van der Waals surface area contributed by atoms with Gasteiger partial charge >= 0.3 is 16.1 Å². The first-order chi connectivity index (χ1) is 13.6. The first-order valence-electron chi connectivity index (χ1n) is 9.31. The van der Waals surface area contributed by atoms with Crippen molar-refractivity contribution < 1.29 is 36.9 Å². The minimum Gasteiger partial charge on any atom is -0.481 e. The molecule has 2 atom stereocenters. The molecule has 1 saturated heterocycles. The van der Waals surface area contributed by atoms with Crippen LogP contribution in [-0.2, 0) is 28.6 Å². The summed E-state index contributed by atoms with van der Waals surface area (Å²) in [6, 6.07) is 4.87. The topological polar surface area (TPSA) is 142 Å². The average molecular weight is 445 g/mol. The lowest BCUT2D eigenvalue weighted by molar-refractivity contribution is -0.388. The summed E-state index contributed by atoms with van der Waals surface area (Å²) >= 11 is 0. The van der Waals surface area contributed by atoms with E-state index in [0.29, 0.717) is 0 Å². The van der Waals surface area contributed by atoms with E-state index in [9.17, 15) is 28.4 Å². The fraction of sp³-hybridized carbons (Fsp3) is 0.632. The summed E-state index contributed by atoms with van der Waals surface area (Å²) < 4.78 is 42.1. The molecular weight excluding hydrogens is 418 g/mol. The molecule has 1 aromatic rings. The number of hydrogen-bond acceptors (Lipinski definition) is 8. The SMILES string of the molecule is CC1(C)OC(COS(=O)(=O)c2ccccc2[N+](=O)[O-])CC(CC(=O)O)(C(C)(C)C)O1. The number of ether oxygens (including phenoxy) is 2. The molecule has 1 N–H and O–H groups in total. The van der Waals surface area contributed by atoms with Crippen molar-refractivity contribution in [2.24, 2.45) is 5.41 Å². The number of carboxylic acids is 1. The molecule has 1 aromatic carbocycles. The third-order valence-corrected chi connectivity index (χ3v) is 6.32. The smallest absolute Gasteiger partial charge is 0.306 e. The lowest BCUT2D eigenvalue weighted by Crippen LogP contribution is -2.60. The first-order valence-corrected chi connectivity index (χ1v) is 10.7. The second-order valence-corrected chi connectivity index (χ2v) is 10.3. The molecule has 2 rings (SSSR count). The van der Waals surface area contributed by atoms with E-state index in [2.05, 4.69) is 0 Å². The van der Waals surface area contributed by atoms with Crippen LogP contribution in [0.5, 0.6) is 0 Å². The molecule has 1 aliphatic heterocycles. The summed E-state index contributed by atoms with van der Waals surface area (Å²) in [5, 5.41) is 20.6. The fourth-order valence-electron chi connectivity index (χ4n) is 3.57. The van der Waals surface area contributed by atoms with Crippen molar-refractivity contribution >= 4 is 21.8 Å². The van der Waals surface area contributed by atoms with E-state index < -0.39 is 61.1 Å². The number of nitro groups is 1. The highest BCUT2D eigenvalue weighted by Gasteiger charge is 2.53. The molecule has 0 radical (unpaired) electrons. The predicted octanol–water partition coefficient (Wildman–Crippen LogP) is 3.10. The van der Waals surface area contributed by atoms with Crippen LogP contribution in [0, 0.1) is 15.5 Å². The van der Waals surface area contributed by atoms with Crippen LogP contribution in [-0.4, -0.2) is 48.5 Å². The Bertz CT molecular complexity index is 920. The van der Waals surface area contributed by atoms with Crippen LogP contribution in [0.3, 0.4) is 0 Å². The Labute approximate surface area is 175 Å². The minimum atomic E-state index is -4.45. The molecule has 1 aliphatic rings. The third-order valence-electron chi connectivity index (χ3n) is 4.99. The zero-order valence-electron chi connectivity index (χ0n) is 17.6. The number of benzene rings is 1. The van der Waals surface area contributed by atoms with Gasteiger partial charge < -0.3 is 14.6 Å². The van der Waals surface area contributed by atoms with Gasteiger partial charge in [-0.3, -0.25) is 19.1 Å². The van der Waals surface area contributed by atoms with Crippen molar-refractivity contribution in [1.82, 2.24) is 0 Å². The summed E-state index contributed by atoms with van der Waals surface area (Å²) in [6.07, 6.45) is -1.06. The number of carbonyl (C=O) groups is 1. The second-order valence-electron chi connectivity index (χ2n) is 8.72. The van der Waals surface area contributed by atoms with Gasteiger partial charge in [-0.25, -0.2) is 0 Å². The fourth-order valence-corrected chi connectivity index (χ4v) is 4.67. The highest BCUT2D eigenvalue weighted by molar-refractivity contribution is 7.87. The minimum absolute atomic E-state index is 0.0681. The Balaban J connectivity index is 2.30. The molecule has 0 spiro atoms. The summed E-state index contributed by atoms with van der Waals surface area (Å²) in [4.78, 5) is 21.3. The molecule has 1 fully saturated rings. The highest BCUT2D eigenvalue weighted by Crippen LogP contribution is 2.47. The molecule has 0 aliphatic carbocycles. The molecule has 1 heterocycles. The molecule has 0 saturated carbocycles. The van der Waals surface area contributed by atoms with Gasteiger partial charge in [0.2, 0.25) is 0 Å². The summed E-state index contributed by atoms with van der Waals surface area (Å²) in [5.41, 5.74) is -2.35. The van der Waals surface area contributed by atoms with E-state index in [0.717, 1.165) is 12.1 Å². The van der Waals surface area contributed by atoms with E-state index in [1.54, 1.807) is 13.8 Å².